The molecule has 198 valence electrons. The lowest BCUT2D eigenvalue weighted by Crippen LogP contribution is -2.69. The minimum atomic E-state index is -0.546. The first kappa shape index (κ1) is 27.0. The third-order valence-corrected chi connectivity index (χ3v) is 12.4. The second-order valence-corrected chi connectivity index (χ2v) is 13.9. The lowest BCUT2D eigenvalue weighted by atomic mass is 9.33. The maximum atomic E-state index is 13.2. The summed E-state index contributed by atoms with van der Waals surface area (Å²) in [6, 6.07) is 0. The van der Waals surface area contributed by atoms with E-state index in [-0.39, 0.29) is 27.9 Å². The first-order chi connectivity index (χ1) is 16.3. The minimum Gasteiger partial charge on any atom is -0.391 e. The van der Waals surface area contributed by atoms with Gasteiger partial charge in [-0.15, -0.1) is 0 Å². The average Bonchev–Trinajstić information content (AvgIpc) is 3.11. The third kappa shape index (κ3) is 3.30. The highest BCUT2D eigenvalue weighted by molar-refractivity contribution is 6.03. The standard InChI is InChI=1S/C29H45NO3.C2H6/c1-17(2)23-19(32)15-29(16-31)14-13-26(4)18(24(23)29)7-8-20-25(3)11-10-22(33)28(6,30)21(25)9-12-27(20,26)5;1-2/h16-18,20-22,33H,7-15,30H2,1-6H3;1-2H3/t18?,20?,21?,22?,25?,26-,27?,28+,29?;/m1./s1. The number of rotatable bonds is 2. The Morgan fingerprint density at radius 1 is 0.914 bits per heavy atom. The highest BCUT2D eigenvalue weighted by atomic mass is 16.3. The summed E-state index contributed by atoms with van der Waals surface area (Å²) in [6.07, 6.45) is 9.18. The highest BCUT2D eigenvalue weighted by Crippen LogP contribution is 2.75. The normalized spacial score (nSPS) is 51.0. The summed E-state index contributed by atoms with van der Waals surface area (Å²) in [5.74, 6) is 1.61. The number of fused-ring (bicyclic) bond motifs is 7. The molecule has 4 nitrogen and oxygen atoms in total. The molecule has 4 fully saturated rings. The number of aliphatic hydroxyl groups excluding tert-OH is 1. The van der Waals surface area contributed by atoms with E-state index in [1.165, 1.54) is 5.57 Å². The number of allylic oxidation sites excluding steroid dienone is 2. The SMILES string of the molecule is CC.CC(C)C1=C2C3CCC4C5(C)CCC(O)[C@@](C)(N)C5CCC4(C)[C@]3(C)CCC2(C=O)CC1=O. The molecular weight excluding hydrogens is 434 g/mol. The molecule has 4 saturated carbocycles. The van der Waals surface area contributed by atoms with Crippen molar-refractivity contribution in [3.8, 4) is 0 Å². The Kier molecular flexibility index (Phi) is 6.58. The van der Waals surface area contributed by atoms with Gasteiger partial charge in [0.1, 0.15) is 6.29 Å². The van der Waals surface area contributed by atoms with Crippen molar-refractivity contribution in [3.05, 3.63) is 11.1 Å². The zero-order valence-electron chi connectivity index (χ0n) is 23.7. The first-order valence-electron chi connectivity index (χ1n) is 14.5. The molecule has 7 unspecified atom stereocenters. The second-order valence-electron chi connectivity index (χ2n) is 13.9. The molecule has 0 aromatic heterocycles. The molecule has 0 aromatic rings. The summed E-state index contributed by atoms with van der Waals surface area (Å²) in [5, 5.41) is 10.8. The van der Waals surface area contributed by atoms with Crippen LogP contribution < -0.4 is 5.73 Å². The van der Waals surface area contributed by atoms with Crippen molar-refractivity contribution in [1.29, 1.82) is 0 Å². The van der Waals surface area contributed by atoms with E-state index < -0.39 is 17.1 Å². The third-order valence-electron chi connectivity index (χ3n) is 12.4. The molecule has 0 aromatic carbocycles. The fourth-order valence-electron chi connectivity index (χ4n) is 10.5. The number of carbonyl (C=O) groups excluding carboxylic acids is 2. The van der Waals surface area contributed by atoms with Crippen molar-refractivity contribution in [2.45, 2.75) is 125 Å². The quantitative estimate of drug-likeness (QED) is 0.453. The van der Waals surface area contributed by atoms with Gasteiger partial charge < -0.3 is 15.6 Å². The van der Waals surface area contributed by atoms with E-state index >= 15 is 0 Å². The minimum absolute atomic E-state index is 0.0809. The van der Waals surface area contributed by atoms with Gasteiger partial charge in [0, 0.05) is 12.0 Å². The molecule has 35 heavy (non-hydrogen) atoms. The summed E-state index contributed by atoms with van der Waals surface area (Å²) < 4.78 is 0. The topological polar surface area (TPSA) is 80.4 Å². The van der Waals surface area contributed by atoms with Crippen molar-refractivity contribution >= 4 is 12.1 Å². The van der Waals surface area contributed by atoms with Gasteiger partial charge in [-0.25, -0.2) is 0 Å². The van der Waals surface area contributed by atoms with Gasteiger partial charge in [-0.1, -0.05) is 48.5 Å². The highest BCUT2D eigenvalue weighted by Gasteiger charge is 2.70. The smallest absolute Gasteiger partial charge is 0.160 e. The Morgan fingerprint density at radius 2 is 1.57 bits per heavy atom. The molecule has 5 rings (SSSR count). The zero-order chi connectivity index (χ0) is 26.2. The van der Waals surface area contributed by atoms with E-state index in [2.05, 4.69) is 41.5 Å². The van der Waals surface area contributed by atoms with Crippen molar-refractivity contribution in [1.82, 2.24) is 0 Å². The maximum absolute atomic E-state index is 13.2. The maximum Gasteiger partial charge on any atom is 0.160 e. The summed E-state index contributed by atoms with van der Waals surface area (Å²) in [7, 11) is 0. The second kappa shape index (κ2) is 8.51. The van der Waals surface area contributed by atoms with E-state index in [1.807, 2.05) is 13.8 Å². The summed E-state index contributed by atoms with van der Waals surface area (Å²) >= 11 is 0. The summed E-state index contributed by atoms with van der Waals surface area (Å²) in [6.45, 7) is 17.8. The van der Waals surface area contributed by atoms with Crippen LogP contribution >= 0.6 is 0 Å². The number of carbonyl (C=O) groups is 2. The van der Waals surface area contributed by atoms with Gasteiger partial charge in [0.15, 0.2) is 5.78 Å². The van der Waals surface area contributed by atoms with Crippen LogP contribution in [0.1, 0.15) is 113 Å². The Labute approximate surface area is 213 Å². The van der Waals surface area contributed by atoms with E-state index in [9.17, 15) is 14.7 Å². The molecule has 3 N–H and O–H groups in total. The fraction of sp³-hybridized carbons (Fsp3) is 0.871. The van der Waals surface area contributed by atoms with Crippen molar-refractivity contribution in [2.75, 3.05) is 0 Å². The van der Waals surface area contributed by atoms with Gasteiger partial charge in [-0.3, -0.25) is 4.79 Å². The van der Waals surface area contributed by atoms with E-state index in [0.717, 1.165) is 63.2 Å². The van der Waals surface area contributed by atoms with E-state index in [0.29, 0.717) is 24.2 Å². The predicted octanol–water partition coefficient (Wildman–Crippen LogP) is 6.24. The van der Waals surface area contributed by atoms with Crippen LogP contribution in [-0.4, -0.2) is 28.8 Å². The fourth-order valence-corrected chi connectivity index (χ4v) is 10.5. The molecule has 0 aliphatic heterocycles. The largest absolute Gasteiger partial charge is 0.391 e. The van der Waals surface area contributed by atoms with Crippen LogP contribution in [0.2, 0.25) is 0 Å². The Bertz CT molecular complexity index is 920. The molecule has 5 aliphatic carbocycles. The van der Waals surface area contributed by atoms with Crippen LogP contribution in [-0.2, 0) is 9.59 Å². The van der Waals surface area contributed by atoms with Gasteiger partial charge in [0.05, 0.1) is 11.5 Å². The number of hydrogen-bond acceptors (Lipinski definition) is 4. The van der Waals surface area contributed by atoms with Crippen LogP contribution in [0.5, 0.6) is 0 Å². The van der Waals surface area contributed by atoms with Gasteiger partial charge in [0.2, 0.25) is 0 Å². The number of hydrogen-bond donors (Lipinski definition) is 2. The Hall–Kier alpha value is -1.00. The molecule has 9 atom stereocenters. The molecule has 0 radical (unpaired) electrons. The van der Waals surface area contributed by atoms with Gasteiger partial charge in [-0.05, 0) is 109 Å². The van der Waals surface area contributed by atoms with E-state index in [1.54, 1.807) is 0 Å². The lowest BCUT2D eigenvalue weighted by Gasteiger charge is -2.71. The monoisotopic (exact) mass is 485 g/mol. The van der Waals surface area contributed by atoms with Gasteiger partial charge >= 0.3 is 0 Å². The predicted molar refractivity (Wildman–Crippen MR) is 142 cm³/mol. The molecule has 5 aliphatic rings. The molecule has 0 heterocycles. The number of aldehydes is 1. The summed E-state index contributed by atoms with van der Waals surface area (Å²) in [5.41, 5.74) is 8.33. The van der Waals surface area contributed by atoms with Gasteiger partial charge in [-0.2, -0.15) is 0 Å². The molecular formula is C31H51NO3. The number of nitrogens with two attached hydrogens (primary N) is 1. The molecule has 0 saturated heterocycles. The van der Waals surface area contributed by atoms with Crippen molar-refractivity contribution in [2.24, 2.45) is 51.1 Å². The van der Waals surface area contributed by atoms with Crippen LogP contribution in [0.4, 0.5) is 0 Å². The average molecular weight is 486 g/mol. The Balaban J connectivity index is 0.00000141. The lowest BCUT2D eigenvalue weighted by molar-refractivity contribution is -0.214. The molecule has 0 amide bonds. The van der Waals surface area contributed by atoms with Crippen molar-refractivity contribution in [3.63, 3.8) is 0 Å². The Morgan fingerprint density at radius 3 is 2.17 bits per heavy atom. The van der Waals surface area contributed by atoms with Gasteiger partial charge in [0.25, 0.3) is 0 Å². The van der Waals surface area contributed by atoms with Crippen molar-refractivity contribution < 1.29 is 14.7 Å². The number of Topliss-reactive ketones (excluding diaryl/α,β-unsaturated/α-hetero) is 1. The number of ketones is 1. The molecule has 4 heteroatoms. The first-order valence-corrected chi connectivity index (χ1v) is 14.5. The summed E-state index contributed by atoms with van der Waals surface area (Å²) in [4.78, 5) is 25.7. The molecule has 0 bridgehead atoms. The molecule has 0 spiro atoms. The number of aliphatic hydroxyl groups is 1. The van der Waals surface area contributed by atoms with E-state index in [4.69, 9.17) is 5.73 Å². The zero-order valence-corrected chi connectivity index (χ0v) is 23.7. The van der Waals surface area contributed by atoms with Crippen LogP contribution in [0, 0.1) is 45.3 Å². The van der Waals surface area contributed by atoms with Crippen LogP contribution in [0.15, 0.2) is 11.1 Å². The van der Waals surface area contributed by atoms with Crippen LogP contribution in [0.25, 0.3) is 0 Å². The van der Waals surface area contributed by atoms with Crippen LogP contribution in [0.3, 0.4) is 0 Å².